The van der Waals surface area contributed by atoms with Crippen molar-refractivity contribution in [2.24, 2.45) is 5.92 Å². The molecule has 2 unspecified atom stereocenters. The first kappa shape index (κ1) is 14.9. The summed E-state index contributed by atoms with van der Waals surface area (Å²) in [6, 6.07) is 3.95. The van der Waals surface area contributed by atoms with Crippen LogP contribution in [0, 0.1) is 16.0 Å². The summed E-state index contributed by atoms with van der Waals surface area (Å²) in [5.41, 5.74) is 0.0475. The van der Waals surface area contributed by atoms with E-state index in [1.54, 1.807) is 0 Å². The van der Waals surface area contributed by atoms with Crippen molar-refractivity contribution in [3.63, 3.8) is 0 Å². The number of anilines is 1. The van der Waals surface area contributed by atoms with Gasteiger partial charge < -0.3 is 10.4 Å². The van der Waals surface area contributed by atoms with Gasteiger partial charge in [0.1, 0.15) is 5.69 Å². The second-order valence-electron chi connectivity index (χ2n) is 4.61. The molecule has 1 rings (SSSR count). The van der Waals surface area contributed by atoms with Crippen LogP contribution in [0.15, 0.2) is 18.2 Å². The second-order valence-corrected chi connectivity index (χ2v) is 4.61. The molecule has 2 N–H and O–H groups in total. The molecule has 0 saturated carbocycles. The first-order valence-electron chi connectivity index (χ1n) is 6.15. The number of nitro groups is 1. The number of nitrogens with one attached hydrogen (secondary N) is 1. The van der Waals surface area contributed by atoms with Crippen LogP contribution in [-0.2, 0) is 0 Å². The fraction of sp³-hybridized carbons (Fsp3) is 0.462. The average molecular weight is 266 g/mol. The Morgan fingerprint density at radius 2 is 2.11 bits per heavy atom. The topological polar surface area (TPSA) is 92.5 Å². The molecule has 0 radical (unpaired) electrons. The van der Waals surface area contributed by atoms with E-state index in [9.17, 15) is 14.9 Å². The summed E-state index contributed by atoms with van der Waals surface area (Å²) in [5, 5.41) is 22.9. The third kappa shape index (κ3) is 3.67. The molecule has 6 nitrogen and oxygen atoms in total. The highest BCUT2D eigenvalue weighted by molar-refractivity contribution is 5.89. The zero-order valence-electron chi connectivity index (χ0n) is 11.2. The largest absolute Gasteiger partial charge is 0.478 e. The minimum atomic E-state index is -1.18. The van der Waals surface area contributed by atoms with Crippen LogP contribution in [0.2, 0.25) is 0 Å². The molecule has 0 aliphatic rings. The van der Waals surface area contributed by atoms with Gasteiger partial charge in [0.2, 0.25) is 0 Å². The lowest BCUT2D eigenvalue weighted by atomic mass is 10.0. The maximum absolute atomic E-state index is 11.0. The standard InChI is InChI=1S/C13H18N2O4/c1-4-8(2)9(3)14-11-6-5-10(13(16)17)7-12(11)15(18)19/h5-9,14H,4H2,1-3H3,(H,16,17). The van der Waals surface area contributed by atoms with Crippen molar-refractivity contribution in [1.82, 2.24) is 0 Å². The number of carboxylic acid groups (broad SMARTS) is 1. The molecule has 0 aliphatic heterocycles. The van der Waals surface area contributed by atoms with Crippen LogP contribution in [0.3, 0.4) is 0 Å². The number of benzene rings is 1. The normalized spacial score (nSPS) is 13.6. The summed E-state index contributed by atoms with van der Waals surface area (Å²) in [5.74, 6) is -0.816. The third-order valence-corrected chi connectivity index (χ3v) is 3.32. The lowest BCUT2D eigenvalue weighted by Gasteiger charge is -2.21. The van der Waals surface area contributed by atoms with Crippen molar-refractivity contribution in [3.8, 4) is 0 Å². The Hall–Kier alpha value is -2.11. The van der Waals surface area contributed by atoms with Crippen LogP contribution in [0.4, 0.5) is 11.4 Å². The number of rotatable bonds is 6. The van der Waals surface area contributed by atoms with Gasteiger partial charge in [-0.15, -0.1) is 0 Å². The minimum absolute atomic E-state index is 0.0689. The molecule has 0 aromatic heterocycles. The van der Waals surface area contributed by atoms with Crippen LogP contribution in [-0.4, -0.2) is 22.0 Å². The zero-order chi connectivity index (χ0) is 14.6. The quantitative estimate of drug-likeness (QED) is 0.609. The first-order chi connectivity index (χ1) is 8.86. The SMILES string of the molecule is CCC(C)C(C)Nc1ccc(C(=O)O)cc1[N+](=O)[O-]. The Morgan fingerprint density at radius 1 is 1.47 bits per heavy atom. The lowest BCUT2D eigenvalue weighted by Crippen LogP contribution is -2.23. The Kier molecular flexibility index (Phi) is 4.86. The van der Waals surface area contributed by atoms with Crippen molar-refractivity contribution in [2.75, 3.05) is 5.32 Å². The number of nitrogens with zero attached hydrogens (tertiary/aromatic N) is 1. The molecular formula is C13H18N2O4. The highest BCUT2D eigenvalue weighted by atomic mass is 16.6. The van der Waals surface area contributed by atoms with Gasteiger partial charge in [-0.1, -0.05) is 20.3 Å². The van der Waals surface area contributed by atoms with E-state index in [1.165, 1.54) is 12.1 Å². The van der Waals surface area contributed by atoms with E-state index < -0.39 is 10.9 Å². The Bertz CT molecular complexity index is 488. The van der Waals surface area contributed by atoms with Gasteiger partial charge in [-0.2, -0.15) is 0 Å². The third-order valence-electron chi connectivity index (χ3n) is 3.32. The van der Waals surface area contributed by atoms with Crippen molar-refractivity contribution < 1.29 is 14.8 Å². The van der Waals surface area contributed by atoms with Gasteiger partial charge in [-0.25, -0.2) is 4.79 Å². The van der Waals surface area contributed by atoms with E-state index in [0.29, 0.717) is 11.6 Å². The monoisotopic (exact) mass is 266 g/mol. The first-order valence-corrected chi connectivity index (χ1v) is 6.15. The molecule has 0 saturated heterocycles. The van der Waals surface area contributed by atoms with Gasteiger partial charge in [0.15, 0.2) is 0 Å². The van der Waals surface area contributed by atoms with Crippen molar-refractivity contribution >= 4 is 17.3 Å². The molecular weight excluding hydrogens is 248 g/mol. The summed E-state index contributed by atoms with van der Waals surface area (Å²) in [7, 11) is 0. The smallest absolute Gasteiger partial charge is 0.335 e. The molecule has 1 aromatic carbocycles. The number of carbonyl (C=O) groups is 1. The number of aromatic carboxylic acids is 1. The van der Waals surface area contributed by atoms with Crippen LogP contribution >= 0.6 is 0 Å². The molecule has 104 valence electrons. The second kappa shape index (κ2) is 6.17. The average Bonchev–Trinajstić information content (AvgIpc) is 2.37. The Morgan fingerprint density at radius 3 is 2.58 bits per heavy atom. The van der Waals surface area contributed by atoms with Gasteiger partial charge in [0, 0.05) is 12.1 Å². The van der Waals surface area contributed by atoms with E-state index in [4.69, 9.17) is 5.11 Å². The predicted molar refractivity (Wildman–Crippen MR) is 72.6 cm³/mol. The fourth-order valence-corrected chi connectivity index (χ4v) is 1.68. The predicted octanol–water partition coefficient (Wildman–Crippen LogP) is 3.14. The zero-order valence-corrected chi connectivity index (χ0v) is 11.2. The molecule has 6 heteroatoms. The number of carboxylic acids is 1. The molecule has 0 amide bonds. The molecule has 0 spiro atoms. The van der Waals surface area contributed by atoms with Crippen LogP contribution in [0.1, 0.15) is 37.6 Å². The molecule has 2 atom stereocenters. The van der Waals surface area contributed by atoms with Gasteiger partial charge in [-0.05, 0) is 25.0 Å². The maximum atomic E-state index is 11.0. The summed E-state index contributed by atoms with van der Waals surface area (Å²) in [6.45, 7) is 6.04. The van der Waals surface area contributed by atoms with Gasteiger partial charge in [-0.3, -0.25) is 10.1 Å². The van der Waals surface area contributed by atoms with Crippen molar-refractivity contribution in [3.05, 3.63) is 33.9 Å². The van der Waals surface area contributed by atoms with E-state index in [-0.39, 0.29) is 17.3 Å². The molecule has 0 bridgehead atoms. The number of hydrogen-bond acceptors (Lipinski definition) is 4. The van der Waals surface area contributed by atoms with E-state index in [1.807, 2.05) is 13.8 Å². The Labute approximate surface area is 111 Å². The number of hydrogen-bond donors (Lipinski definition) is 2. The molecule has 0 aliphatic carbocycles. The van der Waals surface area contributed by atoms with E-state index >= 15 is 0 Å². The molecule has 1 aromatic rings. The maximum Gasteiger partial charge on any atom is 0.335 e. The highest BCUT2D eigenvalue weighted by Crippen LogP contribution is 2.27. The van der Waals surface area contributed by atoms with Crippen LogP contribution < -0.4 is 5.32 Å². The molecule has 0 fully saturated rings. The van der Waals surface area contributed by atoms with Crippen molar-refractivity contribution in [1.29, 1.82) is 0 Å². The van der Waals surface area contributed by atoms with Crippen molar-refractivity contribution in [2.45, 2.75) is 33.2 Å². The van der Waals surface area contributed by atoms with Gasteiger partial charge in [0.25, 0.3) is 5.69 Å². The van der Waals surface area contributed by atoms with Gasteiger partial charge >= 0.3 is 5.97 Å². The lowest BCUT2D eigenvalue weighted by molar-refractivity contribution is -0.384. The summed E-state index contributed by atoms with van der Waals surface area (Å²) in [4.78, 5) is 21.2. The number of nitro benzene ring substituents is 1. The van der Waals surface area contributed by atoms with Gasteiger partial charge in [0.05, 0.1) is 10.5 Å². The minimum Gasteiger partial charge on any atom is -0.478 e. The summed E-state index contributed by atoms with van der Waals surface area (Å²) in [6.07, 6.45) is 0.954. The van der Waals surface area contributed by atoms with Crippen LogP contribution in [0.5, 0.6) is 0 Å². The summed E-state index contributed by atoms with van der Waals surface area (Å²) < 4.78 is 0. The molecule has 19 heavy (non-hydrogen) atoms. The molecule has 0 heterocycles. The van der Waals surface area contributed by atoms with E-state index in [0.717, 1.165) is 12.5 Å². The summed E-state index contributed by atoms with van der Waals surface area (Å²) >= 11 is 0. The fourth-order valence-electron chi connectivity index (χ4n) is 1.68. The van der Waals surface area contributed by atoms with Crippen LogP contribution in [0.25, 0.3) is 0 Å². The van der Waals surface area contributed by atoms with E-state index in [2.05, 4.69) is 12.2 Å². The highest BCUT2D eigenvalue weighted by Gasteiger charge is 2.19. The Balaban J connectivity index is 3.07.